The van der Waals surface area contributed by atoms with Crippen molar-refractivity contribution in [2.24, 2.45) is 0 Å². The fraction of sp³-hybridized carbons (Fsp3) is 0.350. The van der Waals surface area contributed by atoms with Gasteiger partial charge in [0.1, 0.15) is 18.5 Å². The highest BCUT2D eigenvalue weighted by molar-refractivity contribution is 5.89. The molecule has 5 heteroatoms. The fourth-order valence-electron chi connectivity index (χ4n) is 3.06. The lowest BCUT2D eigenvalue weighted by Crippen LogP contribution is -2.38. The number of nitrogens with zero attached hydrogens (tertiary/aromatic N) is 1. The lowest BCUT2D eigenvalue weighted by molar-refractivity contribution is 0.0598. The van der Waals surface area contributed by atoms with Gasteiger partial charge >= 0.3 is 5.97 Å². The summed E-state index contributed by atoms with van der Waals surface area (Å²) in [6, 6.07) is 15.1. The van der Waals surface area contributed by atoms with Crippen LogP contribution in [-0.4, -0.2) is 48.9 Å². The summed E-state index contributed by atoms with van der Waals surface area (Å²) in [4.78, 5) is 13.6. The average Bonchev–Trinajstić information content (AvgIpc) is 2.66. The van der Waals surface area contributed by atoms with Gasteiger partial charge in [-0.05, 0) is 41.8 Å². The van der Waals surface area contributed by atoms with Crippen molar-refractivity contribution in [2.45, 2.75) is 19.1 Å². The van der Waals surface area contributed by atoms with Crippen molar-refractivity contribution in [3.63, 3.8) is 0 Å². The molecule has 0 aromatic heterocycles. The van der Waals surface area contributed by atoms with E-state index in [2.05, 4.69) is 33.9 Å². The molecule has 132 valence electrons. The number of esters is 1. The van der Waals surface area contributed by atoms with E-state index in [1.54, 1.807) is 24.3 Å². The molecule has 1 aliphatic heterocycles. The highest BCUT2D eigenvalue weighted by Crippen LogP contribution is 2.19. The lowest BCUT2D eigenvalue weighted by atomic mass is 10.00. The summed E-state index contributed by atoms with van der Waals surface area (Å²) in [5.74, 6) is 0.243. The second-order valence-electron chi connectivity index (χ2n) is 6.23. The third kappa shape index (κ3) is 4.59. The van der Waals surface area contributed by atoms with Crippen LogP contribution >= 0.6 is 0 Å². The first-order valence-electron chi connectivity index (χ1n) is 8.44. The molecule has 25 heavy (non-hydrogen) atoms. The normalized spacial score (nSPS) is 15.3. The number of fused-ring (bicyclic) bond motifs is 1. The first kappa shape index (κ1) is 17.5. The van der Waals surface area contributed by atoms with Gasteiger partial charge in [-0.1, -0.05) is 24.3 Å². The molecule has 0 spiro atoms. The number of benzene rings is 2. The third-order valence-corrected chi connectivity index (χ3v) is 4.40. The molecule has 0 fully saturated rings. The highest BCUT2D eigenvalue weighted by atomic mass is 16.5. The van der Waals surface area contributed by atoms with Crippen LogP contribution in [0.5, 0.6) is 5.75 Å². The van der Waals surface area contributed by atoms with Crippen LogP contribution in [0.3, 0.4) is 0 Å². The lowest BCUT2D eigenvalue weighted by Gasteiger charge is -2.30. The predicted molar refractivity (Wildman–Crippen MR) is 94.7 cm³/mol. The summed E-state index contributed by atoms with van der Waals surface area (Å²) in [6.07, 6.45) is 0.448. The summed E-state index contributed by atoms with van der Waals surface area (Å²) in [7, 11) is 1.35. The zero-order chi connectivity index (χ0) is 17.6. The highest BCUT2D eigenvalue weighted by Gasteiger charge is 2.18. The van der Waals surface area contributed by atoms with E-state index in [0.29, 0.717) is 17.9 Å². The molecular weight excluding hydrogens is 318 g/mol. The Bertz CT molecular complexity index is 714. The van der Waals surface area contributed by atoms with Gasteiger partial charge in [0.2, 0.25) is 0 Å². The molecule has 3 rings (SSSR count). The van der Waals surface area contributed by atoms with Gasteiger partial charge in [-0.15, -0.1) is 0 Å². The first-order chi connectivity index (χ1) is 12.2. The SMILES string of the molecule is COC(=O)c1ccc(OCC(O)CN2CCc3ccccc3C2)cc1. The molecule has 5 nitrogen and oxygen atoms in total. The van der Waals surface area contributed by atoms with Gasteiger partial charge in [0.05, 0.1) is 12.7 Å². The topological polar surface area (TPSA) is 59.0 Å². The molecule has 0 bridgehead atoms. The zero-order valence-electron chi connectivity index (χ0n) is 14.4. The minimum atomic E-state index is -0.564. The third-order valence-electron chi connectivity index (χ3n) is 4.40. The van der Waals surface area contributed by atoms with Crippen LogP contribution in [0.15, 0.2) is 48.5 Å². The smallest absolute Gasteiger partial charge is 0.337 e. The Labute approximate surface area is 147 Å². The summed E-state index contributed by atoms with van der Waals surface area (Å²) in [5, 5.41) is 10.3. The van der Waals surface area contributed by atoms with E-state index in [4.69, 9.17) is 4.74 Å². The Balaban J connectivity index is 1.47. The van der Waals surface area contributed by atoms with Crippen molar-refractivity contribution < 1.29 is 19.4 Å². The number of aliphatic hydroxyl groups excluding tert-OH is 1. The van der Waals surface area contributed by atoms with Crippen LogP contribution in [0.1, 0.15) is 21.5 Å². The van der Waals surface area contributed by atoms with Crippen molar-refractivity contribution in [3.05, 3.63) is 65.2 Å². The summed E-state index contributed by atoms with van der Waals surface area (Å²) in [5.41, 5.74) is 3.21. The quantitative estimate of drug-likeness (QED) is 0.817. The molecule has 0 saturated heterocycles. The predicted octanol–water partition coefficient (Wildman–Crippen LogP) is 2.27. The molecule has 2 aromatic carbocycles. The molecular formula is C20H23NO4. The summed E-state index contributed by atoms with van der Waals surface area (Å²) >= 11 is 0. The van der Waals surface area contributed by atoms with Crippen LogP contribution in [0, 0.1) is 0 Å². The maximum Gasteiger partial charge on any atom is 0.337 e. The van der Waals surface area contributed by atoms with Gasteiger partial charge in [-0.25, -0.2) is 4.79 Å². The molecule has 0 radical (unpaired) electrons. The van der Waals surface area contributed by atoms with Gasteiger partial charge in [-0.3, -0.25) is 4.90 Å². The van der Waals surface area contributed by atoms with Crippen molar-refractivity contribution in [1.82, 2.24) is 4.90 Å². The Morgan fingerprint density at radius 1 is 1.16 bits per heavy atom. The Hall–Kier alpha value is -2.37. The van der Waals surface area contributed by atoms with Gasteiger partial charge in [0.25, 0.3) is 0 Å². The molecule has 1 atom stereocenters. The molecule has 0 saturated carbocycles. The van der Waals surface area contributed by atoms with E-state index in [1.165, 1.54) is 18.2 Å². The Morgan fingerprint density at radius 3 is 2.60 bits per heavy atom. The minimum absolute atomic E-state index is 0.218. The van der Waals surface area contributed by atoms with Crippen LogP contribution < -0.4 is 4.74 Å². The Morgan fingerprint density at radius 2 is 1.88 bits per heavy atom. The molecule has 0 aliphatic carbocycles. The number of hydrogen-bond donors (Lipinski definition) is 1. The average molecular weight is 341 g/mol. The maximum atomic E-state index is 11.4. The minimum Gasteiger partial charge on any atom is -0.491 e. The van der Waals surface area contributed by atoms with E-state index < -0.39 is 6.10 Å². The molecule has 2 aromatic rings. The van der Waals surface area contributed by atoms with E-state index in [0.717, 1.165) is 19.5 Å². The number of carbonyl (C=O) groups excluding carboxylic acids is 1. The van der Waals surface area contributed by atoms with Gasteiger partial charge in [-0.2, -0.15) is 0 Å². The number of aliphatic hydroxyl groups is 1. The summed E-state index contributed by atoms with van der Waals surface area (Å²) in [6.45, 7) is 2.60. The molecule has 1 N–H and O–H groups in total. The molecule has 1 unspecified atom stereocenters. The van der Waals surface area contributed by atoms with E-state index >= 15 is 0 Å². The maximum absolute atomic E-state index is 11.4. The van der Waals surface area contributed by atoms with E-state index in [9.17, 15) is 9.90 Å². The van der Waals surface area contributed by atoms with Gasteiger partial charge in [0.15, 0.2) is 0 Å². The second-order valence-corrected chi connectivity index (χ2v) is 6.23. The van der Waals surface area contributed by atoms with Crippen LogP contribution in [-0.2, 0) is 17.7 Å². The first-order valence-corrected chi connectivity index (χ1v) is 8.44. The standard InChI is InChI=1S/C20H23NO4/c1-24-20(23)16-6-8-19(9-7-16)25-14-18(22)13-21-11-10-15-4-2-3-5-17(15)12-21/h2-9,18,22H,10-14H2,1H3. The van der Waals surface area contributed by atoms with Gasteiger partial charge in [0, 0.05) is 19.6 Å². The van der Waals surface area contributed by atoms with Crippen molar-refractivity contribution in [2.75, 3.05) is 26.8 Å². The van der Waals surface area contributed by atoms with Gasteiger partial charge < -0.3 is 14.6 Å². The second kappa shape index (κ2) is 8.14. The fourth-order valence-corrected chi connectivity index (χ4v) is 3.06. The van der Waals surface area contributed by atoms with Crippen molar-refractivity contribution >= 4 is 5.97 Å². The number of β-amino-alcohol motifs (C(OH)–C–C–N with tert-alkyl or cyclic N) is 1. The molecule has 1 aliphatic rings. The van der Waals surface area contributed by atoms with Crippen LogP contribution in [0.25, 0.3) is 0 Å². The number of methoxy groups -OCH3 is 1. The number of carbonyl (C=O) groups is 1. The molecule has 1 heterocycles. The van der Waals surface area contributed by atoms with Crippen molar-refractivity contribution in [1.29, 1.82) is 0 Å². The Kier molecular flexibility index (Phi) is 5.68. The summed E-state index contributed by atoms with van der Waals surface area (Å²) < 4.78 is 10.3. The number of rotatable bonds is 6. The number of ether oxygens (including phenoxy) is 2. The zero-order valence-corrected chi connectivity index (χ0v) is 14.4. The van der Waals surface area contributed by atoms with Crippen LogP contribution in [0.2, 0.25) is 0 Å². The van der Waals surface area contributed by atoms with E-state index in [1.807, 2.05) is 0 Å². The van der Waals surface area contributed by atoms with Crippen LogP contribution in [0.4, 0.5) is 0 Å². The van der Waals surface area contributed by atoms with Crippen molar-refractivity contribution in [3.8, 4) is 5.75 Å². The largest absolute Gasteiger partial charge is 0.491 e. The van der Waals surface area contributed by atoms with E-state index in [-0.39, 0.29) is 12.6 Å². The molecule has 0 amide bonds. The monoisotopic (exact) mass is 341 g/mol. The number of hydrogen-bond acceptors (Lipinski definition) is 5.